The zero-order valence-corrected chi connectivity index (χ0v) is 23.8. The maximum atomic E-state index is 0. The van der Waals surface area contributed by atoms with Gasteiger partial charge in [0, 0.05) is 204 Å². The molecule has 0 rings (SSSR count). The van der Waals surface area contributed by atoms with Gasteiger partial charge in [0.05, 0.1) is 0 Å². The predicted molar refractivity (Wildman–Crippen MR) is 17.3 cm³/mol. The van der Waals surface area contributed by atoms with Crippen molar-refractivity contribution in [3.05, 3.63) is 0 Å². The Balaban J connectivity index is 0. The van der Waals surface area contributed by atoms with E-state index in [-0.39, 0.29) is 204 Å². The number of rotatable bonds is 0. The van der Waals surface area contributed by atoms with Gasteiger partial charge in [-0.3, -0.25) is 0 Å². The molecule has 0 aromatic carbocycles. The molecule has 0 bridgehead atoms. The van der Waals surface area contributed by atoms with Crippen LogP contribution in [0, 0.1) is 0 Å². The quantitative estimate of drug-likeness (QED) is 0.271. The molecule has 0 amide bonds. The van der Waals surface area contributed by atoms with Crippen molar-refractivity contribution < 1.29 is 131 Å². The first kappa shape index (κ1) is 60.6. The van der Waals surface area contributed by atoms with Crippen LogP contribution in [0.25, 0.3) is 0 Å². The molecular formula is Sb3Zr5. The summed E-state index contributed by atoms with van der Waals surface area (Å²) >= 11 is 0. The first-order valence-electron chi connectivity index (χ1n) is 0. The van der Waals surface area contributed by atoms with Gasteiger partial charge in [-0.2, -0.15) is 0 Å². The Morgan fingerprint density at radius 3 is 0.250 bits per heavy atom. The second-order valence-electron chi connectivity index (χ2n) is 0. The molecule has 0 aromatic rings. The van der Waals surface area contributed by atoms with Gasteiger partial charge in [0.25, 0.3) is 0 Å². The van der Waals surface area contributed by atoms with Crippen LogP contribution in [-0.2, 0) is 131 Å². The summed E-state index contributed by atoms with van der Waals surface area (Å²) < 4.78 is 0. The molecule has 35 valence electrons. The third kappa shape index (κ3) is 38.4. The van der Waals surface area contributed by atoms with Gasteiger partial charge >= 0.3 is 0 Å². The van der Waals surface area contributed by atoms with E-state index in [0.29, 0.717) is 0 Å². The monoisotopic (exact) mass is 812 g/mol. The van der Waals surface area contributed by atoms with E-state index in [0.717, 1.165) is 0 Å². The van der Waals surface area contributed by atoms with E-state index in [1.807, 2.05) is 0 Å². The first-order chi connectivity index (χ1) is 0. The third-order valence-corrected chi connectivity index (χ3v) is 0. The third-order valence-electron chi connectivity index (χ3n) is 0. The fourth-order valence-corrected chi connectivity index (χ4v) is 0. The normalized spacial score (nSPS) is 0. The molecule has 0 saturated heterocycles. The van der Waals surface area contributed by atoms with Crippen LogP contribution in [0.15, 0.2) is 0 Å². The van der Waals surface area contributed by atoms with Crippen molar-refractivity contribution in [3.8, 4) is 0 Å². The first-order valence-corrected chi connectivity index (χ1v) is 0. The van der Waals surface area contributed by atoms with Gasteiger partial charge in [-0.25, -0.2) is 0 Å². The van der Waals surface area contributed by atoms with Gasteiger partial charge in [-0.15, -0.1) is 0 Å². The van der Waals surface area contributed by atoms with Crippen LogP contribution < -0.4 is 0 Å². The van der Waals surface area contributed by atoms with Crippen molar-refractivity contribution in [2.45, 2.75) is 0 Å². The fraction of sp³-hybridized carbons (Fsp3) is 0. The van der Waals surface area contributed by atoms with E-state index in [1.165, 1.54) is 0 Å². The SMILES string of the molecule is [Sb].[Sb].[Sb].[Zr].[Zr].[Zr].[Zr].[Zr]. The van der Waals surface area contributed by atoms with Gasteiger partial charge in [0.2, 0.25) is 0 Å². The molecule has 0 nitrogen and oxygen atoms in total. The molecule has 0 aliphatic heterocycles. The molecular weight excluding hydrogens is 821 g/mol. The zero-order chi connectivity index (χ0) is 0. The largest absolute Gasteiger partial charge is 0 e. The molecule has 0 aromatic heterocycles. The number of hydrogen-bond acceptors (Lipinski definition) is 0. The topological polar surface area (TPSA) is 0 Å². The minimum Gasteiger partial charge on any atom is 0 e. The molecule has 0 saturated carbocycles. The van der Waals surface area contributed by atoms with Crippen molar-refractivity contribution in [2.24, 2.45) is 0 Å². The summed E-state index contributed by atoms with van der Waals surface area (Å²) in [6.45, 7) is 0. The predicted octanol–water partition coefficient (Wildman–Crippen LogP) is -1.15. The van der Waals surface area contributed by atoms with E-state index in [9.17, 15) is 0 Å². The summed E-state index contributed by atoms with van der Waals surface area (Å²) in [5.41, 5.74) is 0. The summed E-state index contributed by atoms with van der Waals surface area (Å²) in [6, 6.07) is 0. The smallest absolute Gasteiger partial charge is 0 e. The van der Waals surface area contributed by atoms with E-state index in [4.69, 9.17) is 0 Å². The van der Waals surface area contributed by atoms with Crippen LogP contribution in [0.3, 0.4) is 0 Å². The fourth-order valence-electron chi connectivity index (χ4n) is 0. The second kappa shape index (κ2) is 48.7. The Hall–Kier alpha value is 6.87. The maximum Gasteiger partial charge on any atom is 0 e. The molecule has 9 radical (unpaired) electrons. The van der Waals surface area contributed by atoms with E-state index in [1.54, 1.807) is 0 Å². The molecule has 8 heteroatoms. The molecule has 0 aliphatic rings. The van der Waals surface area contributed by atoms with Crippen LogP contribution in [0.5, 0.6) is 0 Å². The Labute approximate surface area is 198 Å². The van der Waals surface area contributed by atoms with Crippen LogP contribution in [0.2, 0.25) is 0 Å². The average Bonchev–Trinajstić information content (AvgIpc) is 0. The molecule has 0 unspecified atom stereocenters. The summed E-state index contributed by atoms with van der Waals surface area (Å²) in [4.78, 5) is 0. The standard InChI is InChI=1S/3Sb.5Zr. The Bertz CT molecular complexity index is 7.64. The summed E-state index contributed by atoms with van der Waals surface area (Å²) in [5, 5.41) is 0. The molecule has 0 fully saturated rings. The van der Waals surface area contributed by atoms with Gasteiger partial charge in [0.1, 0.15) is 0 Å². The average molecular weight is 821 g/mol. The van der Waals surface area contributed by atoms with Crippen LogP contribution in [0.1, 0.15) is 0 Å². The van der Waals surface area contributed by atoms with Crippen molar-refractivity contribution in [1.29, 1.82) is 0 Å². The van der Waals surface area contributed by atoms with E-state index in [2.05, 4.69) is 0 Å². The van der Waals surface area contributed by atoms with Crippen molar-refractivity contribution in [3.63, 3.8) is 0 Å². The second-order valence-corrected chi connectivity index (χ2v) is 0. The molecule has 0 N–H and O–H groups in total. The maximum absolute atomic E-state index is 0. The van der Waals surface area contributed by atoms with Gasteiger partial charge in [-0.05, 0) is 0 Å². The summed E-state index contributed by atoms with van der Waals surface area (Å²) in [7, 11) is 0. The Kier molecular flexibility index (Phi) is 369. The van der Waals surface area contributed by atoms with Gasteiger partial charge < -0.3 is 0 Å². The van der Waals surface area contributed by atoms with Crippen molar-refractivity contribution >= 4 is 73.3 Å². The van der Waals surface area contributed by atoms with Gasteiger partial charge in [0.15, 0.2) is 0 Å². The Morgan fingerprint density at radius 1 is 0.250 bits per heavy atom. The van der Waals surface area contributed by atoms with Crippen LogP contribution >= 0.6 is 0 Å². The molecule has 0 spiro atoms. The summed E-state index contributed by atoms with van der Waals surface area (Å²) in [5.74, 6) is 0. The van der Waals surface area contributed by atoms with Crippen LogP contribution in [-0.4, -0.2) is 73.3 Å². The number of hydrogen-bond donors (Lipinski definition) is 0. The molecule has 0 atom stereocenters. The van der Waals surface area contributed by atoms with Crippen molar-refractivity contribution in [2.75, 3.05) is 0 Å². The minimum absolute atomic E-state index is 0. The Morgan fingerprint density at radius 2 is 0.250 bits per heavy atom. The zero-order valence-electron chi connectivity index (χ0n) is 3.84. The van der Waals surface area contributed by atoms with Gasteiger partial charge in [-0.1, -0.05) is 0 Å². The van der Waals surface area contributed by atoms with Crippen molar-refractivity contribution in [1.82, 2.24) is 0 Å². The molecule has 8 heavy (non-hydrogen) atoms. The minimum atomic E-state index is 0. The molecule has 0 heterocycles. The van der Waals surface area contributed by atoms with E-state index < -0.39 is 0 Å². The molecule has 0 aliphatic carbocycles. The summed E-state index contributed by atoms with van der Waals surface area (Å²) in [6.07, 6.45) is 0. The van der Waals surface area contributed by atoms with E-state index >= 15 is 0 Å². The van der Waals surface area contributed by atoms with Crippen LogP contribution in [0.4, 0.5) is 0 Å².